The summed E-state index contributed by atoms with van der Waals surface area (Å²) in [6.45, 7) is 1.79. The summed E-state index contributed by atoms with van der Waals surface area (Å²) in [4.78, 5) is 12.2. The Kier molecular flexibility index (Phi) is 3.98. The molecular formula is C14H12Cl2N2O. The standard InChI is InChI=1S/C14H12Cl2N2O/c1-8-10(3-2-4-11(8)16)14(19)18-13-7-9(15)5-6-12(13)17/h2-7H,17H2,1H3,(H,18,19). The highest BCUT2D eigenvalue weighted by atomic mass is 35.5. The molecule has 2 rings (SSSR count). The first kappa shape index (κ1) is 13.7. The predicted octanol–water partition coefficient (Wildman–Crippen LogP) is 4.14. The van der Waals surface area contributed by atoms with Crippen molar-refractivity contribution in [1.82, 2.24) is 0 Å². The van der Waals surface area contributed by atoms with Gasteiger partial charge in [0.15, 0.2) is 0 Å². The van der Waals surface area contributed by atoms with E-state index in [9.17, 15) is 4.79 Å². The molecule has 0 unspecified atom stereocenters. The number of nitrogen functional groups attached to an aromatic ring is 1. The summed E-state index contributed by atoms with van der Waals surface area (Å²) in [5, 5.41) is 3.78. The first-order chi connectivity index (χ1) is 8.99. The van der Waals surface area contributed by atoms with Crippen LogP contribution in [0, 0.1) is 6.92 Å². The maximum Gasteiger partial charge on any atom is 0.256 e. The van der Waals surface area contributed by atoms with Crippen LogP contribution in [0.2, 0.25) is 10.0 Å². The van der Waals surface area contributed by atoms with Gasteiger partial charge in [-0.1, -0.05) is 29.3 Å². The second-order valence-electron chi connectivity index (χ2n) is 4.10. The average Bonchev–Trinajstić information content (AvgIpc) is 2.37. The molecule has 5 heteroatoms. The smallest absolute Gasteiger partial charge is 0.256 e. The number of hydrogen-bond donors (Lipinski definition) is 2. The molecule has 0 radical (unpaired) electrons. The molecule has 1 amide bonds. The van der Waals surface area contributed by atoms with Gasteiger partial charge in [-0.2, -0.15) is 0 Å². The number of hydrogen-bond acceptors (Lipinski definition) is 2. The topological polar surface area (TPSA) is 55.1 Å². The second kappa shape index (κ2) is 5.51. The lowest BCUT2D eigenvalue weighted by molar-refractivity contribution is 0.102. The van der Waals surface area contributed by atoms with Crippen LogP contribution in [-0.2, 0) is 0 Å². The molecule has 0 aliphatic carbocycles. The van der Waals surface area contributed by atoms with Crippen molar-refractivity contribution in [3.63, 3.8) is 0 Å². The maximum absolute atomic E-state index is 12.2. The van der Waals surface area contributed by atoms with Crippen molar-refractivity contribution in [2.45, 2.75) is 6.92 Å². The van der Waals surface area contributed by atoms with Crippen LogP contribution in [0.3, 0.4) is 0 Å². The number of amides is 1. The second-order valence-corrected chi connectivity index (χ2v) is 4.94. The summed E-state index contributed by atoms with van der Waals surface area (Å²) in [7, 11) is 0. The van der Waals surface area contributed by atoms with Gasteiger partial charge in [0.05, 0.1) is 11.4 Å². The number of nitrogens with two attached hydrogens (primary N) is 1. The summed E-state index contributed by atoms with van der Waals surface area (Å²) < 4.78 is 0. The van der Waals surface area contributed by atoms with E-state index in [0.29, 0.717) is 27.0 Å². The van der Waals surface area contributed by atoms with Gasteiger partial charge in [-0.25, -0.2) is 0 Å². The van der Waals surface area contributed by atoms with Crippen LogP contribution in [-0.4, -0.2) is 5.91 Å². The fourth-order valence-corrected chi connectivity index (χ4v) is 2.03. The molecule has 2 aromatic rings. The van der Waals surface area contributed by atoms with Crippen LogP contribution in [0.25, 0.3) is 0 Å². The molecule has 98 valence electrons. The molecule has 2 aromatic carbocycles. The van der Waals surface area contributed by atoms with Crippen molar-refractivity contribution in [3.8, 4) is 0 Å². The Hall–Kier alpha value is -1.71. The van der Waals surface area contributed by atoms with E-state index in [-0.39, 0.29) is 5.91 Å². The van der Waals surface area contributed by atoms with Gasteiger partial charge in [-0.3, -0.25) is 4.79 Å². The zero-order valence-corrected chi connectivity index (χ0v) is 11.7. The Morgan fingerprint density at radius 1 is 1.21 bits per heavy atom. The fourth-order valence-electron chi connectivity index (χ4n) is 1.68. The van der Waals surface area contributed by atoms with Gasteiger partial charge in [0.25, 0.3) is 5.91 Å². The number of halogens is 2. The Morgan fingerprint density at radius 3 is 2.68 bits per heavy atom. The molecule has 0 aliphatic rings. The molecule has 0 heterocycles. The molecule has 0 aliphatic heterocycles. The van der Waals surface area contributed by atoms with Gasteiger partial charge in [-0.05, 0) is 42.8 Å². The third-order valence-electron chi connectivity index (χ3n) is 2.78. The zero-order chi connectivity index (χ0) is 14.0. The Balaban J connectivity index is 2.31. The van der Waals surface area contributed by atoms with E-state index in [4.69, 9.17) is 28.9 Å². The van der Waals surface area contributed by atoms with Gasteiger partial charge in [0.2, 0.25) is 0 Å². The molecule has 0 fully saturated rings. The number of benzene rings is 2. The highest BCUT2D eigenvalue weighted by Gasteiger charge is 2.12. The summed E-state index contributed by atoms with van der Waals surface area (Å²) in [6.07, 6.45) is 0. The van der Waals surface area contributed by atoms with Crippen LogP contribution >= 0.6 is 23.2 Å². The molecule has 19 heavy (non-hydrogen) atoms. The third-order valence-corrected chi connectivity index (χ3v) is 3.42. The van der Waals surface area contributed by atoms with Crippen LogP contribution < -0.4 is 11.1 Å². The number of carbonyl (C=O) groups is 1. The zero-order valence-electron chi connectivity index (χ0n) is 10.2. The van der Waals surface area contributed by atoms with Gasteiger partial charge in [0, 0.05) is 15.6 Å². The van der Waals surface area contributed by atoms with Crippen LogP contribution in [0.5, 0.6) is 0 Å². The summed E-state index contributed by atoms with van der Waals surface area (Å²) >= 11 is 11.9. The molecule has 0 bridgehead atoms. The van der Waals surface area contributed by atoms with Crippen LogP contribution in [0.15, 0.2) is 36.4 Å². The van der Waals surface area contributed by atoms with E-state index in [1.54, 1.807) is 43.3 Å². The molecular weight excluding hydrogens is 283 g/mol. The van der Waals surface area contributed by atoms with E-state index in [0.717, 1.165) is 5.56 Å². The Labute approximate surface area is 121 Å². The largest absolute Gasteiger partial charge is 0.397 e. The lowest BCUT2D eigenvalue weighted by Gasteiger charge is -2.10. The van der Waals surface area contributed by atoms with Crippen LogP contribution in [0.1, 0.15) is 15.9 Å². The van der Waals surface area contributed by atoms with Gasteiger partial charge < -0.3 is 11.1 Å². The van der Waals surface area contributed by atoms with Crippen molar-refractivity contribution < 1.29 is 4.79 Å². The number of nitrogens with one attached hydrogen (secondary N) is 1. The molecule has 3 N–H and O–H groups in total. The minimum absolute atomic E-state index is 0.269. The van der Waals surface area contributed by atoms with E-state index in [1.807, 2.05) is 0 Å². The van der Waals surface area contributed by atoms with Crippen molar-refractivity contribution in [2.24, 2.45) is 0 Å². The average molecular weight is 295 g/mol. The normalized spacial score (nSPS) is 10.3. The maximum atomic E-state index is 12.2. The Morgan fingerprint density at radius 2 is 1.95 bits per heavy atom. The van der Waals surface area contributed by atoms with Crippen molar-refractivity contribution >= 4 is 40.5 Å². The van der Waals surface area contributed by atoms with Gasteiger partial charge in [0.1, 0.15) is 0 Å². The van der Waals surface area contributed by atoms with E-state index < -0.39 is 0 Å². The molecule has 0 atom stereocenters. The molecule has 0 spiro atoms. The van der Waals surface area contributed by atoms with Crippen molar-refractivity contribution in [2.75, 3.05) is 11.1 Å². The van der Waals surface area contributed by atoms with E-state index >= 15 is 0 Å². The van der Waals surface area contributed by atoms with Crippen molar-refractivity contribution in [1.29, 1.82) is 0 Å². The fraction of sp³-hybridized carbons (Fsp3) is 0.0714. The Bertz CT molecular complexity index is 641. The lowest BCUT2D eigenvalue weighted by Crippen LogP contribution is -2.14. The highest BCUT2D eigenvalue weighted by Crippen LogP contribution is 2.25. The highest BCUT2D eigenvalue weighted by molar-refractivity contribution is 6.32. The van der Waals surface area contributed by atoms with Crippen LogP contribution in [0.4, 0.5) is 11.4 Å². The SMILES string of the molecule is Cc1c(Cl)cccc1C(=O)Nc1cc(Cl)ccc1N. The lowest BCUT2D eigenvalue weighted by atomic mass is 10.1. The number of rotatable bonds is 2. The summed E-state index contributed by atoms with van der Waals surface area (Å²) in [5.74, 6) is -0.269. The first-order valence-corrected chi connectivity index (χ1v) is 6.36. The van der Waals surface area contributed by atoms with E-state index in [1.165, 1.54) is 0 Å². The summed E-state index contributed by atoms with van der Waals surface area (Å²) in [6, 6.07) is 10.1. The monoisotopic (exact) mass is 294 g/mol. The van der Waals surface area contributed by atoms with Crippen molar-refractivity contribution in [3.05, 3.63) is 57.6 Å². The quantitative estimate of drug-likeness (QED) is 0.818. The minimum atomic E-state index is -0.269. The molecule has 0 saturated carbocycles. The molecule has 0 aromatic heterocycles. The van der Waals surface area contributed by atoms with Gasteiger partial charge in [-0.15, -0.1) is 0 Å². The van der Waals surface area contributed by atoms with E-state index in [2.05, 4.69) is 5.32 Å². The molecule has 0 saturated heterocycles. The summed E-state index contributed by atoms with van der Waals surface area (Å²) in [5.41, 5.74) is 7.95. The minimum Gasteiger partial charge on any atom is -0.397 e. The number of anilines is 2. The van der Waals surface area contributed by atoms with Gasteiger partial charge >= 0.3 is 0 Å². The molecule has 3 nitrogen and oxygen atoms in total. The third kappa shape index (κ3) is 3.00. The number of carbonyl (C=O) groups excluding carboxylic acids is 1. The first-order valence-electron chi connectivity index (χ1n) is 5.60. The predicted molar refractivity (Wildman–Crippen MR) is 80.0 cm³/mol.